The lowest BCUT2D eigenvalue weighted by Gasteiger charge is -2.13. The Bertz CT molecular complexity index is 782. The van der Waals surface area contributed by atoms with E-state index in [0.29, 0.717) is 37.3 Å². The van der Waals surface area contributed by atoms with Crippen molar-refractivity contribution >= 4 is 22.8 Å². The van der Waals surface area contributed by atoms with Crippen LogP contribution in [-0.2, 0) is 11.3 Å². The Kier molecular flexibility index (Phi) is 6.51. The number of nitrogens with two attached hydrogens (primary N) is 1. The van der Waals surface area contributed by atoms with Gasteiger partial charge in [-0.15, -0.1) is 0 Å². The zero-order valence-electron chi connectivity index (χ0n) is 15.0. The lowest BCUT2D eigenvalue weighted by molar-refractivity contribution is -0.119. The smallest absolute Gasteiger partial charge is 0.327 e. The standard InChI is InChI=1S/C16H26N6O3/c1-4-6-9-25-15-20-13(17)12-14(21-15)22(16(24)19-12)8-7-18-11(5-2)10(3)23/h11,18H,4-9H2,1-3H3,(H,19,24)(H2,17,20,21)/t11-/m0/s1. The molecule has 138 valence electrons. The number of hydrogen-bond acceptors (Lipinski definition) is 7. The van der Waals surface area contributed by atoms with Crippen molar-refractivity contribution in [1.29, 1.82) is 0 Å². The molecule has 0 fully saturated rings. The van der Waals surface area contributed by atoms with E-state index < -0.39 is 0 Å². The highest BCUT2D eigenvalue weighted by atomic mass is 16.5. The van der Waals surface area contributed by atoms with Gasteiger partial charge in [-0.05, 0) is 19.8 Å². The predicted octanol–water partition coefficient (Wildman–Crippen LogP) is 0.838. The van der Waals surface area contributed by atoms with Crippen molar-refractivity contribution in [3.05, 3.63) is 10.5 Å². The van der Waals surface area contributed by atoms with Crippen LogP contribution in [0.2, 0.25) is 0 Å². The molecule has 0 aliphatic carbocycles. The molecule has 2 aromatic rings. The van der Waals surface area contributed by atoms with Crippen LogP contribution in [0.1, 0.15) is 40.0 Å². The number of carbonyl (C=O) groups is 1. The second-order valence-corrected chi connectivity index (χ2v) is 5.90. The number of nitrogens with one attached hydrogen (secondary N) is 2. The monoisotopic (exact) mass is 350 g/mol. The third-order valence-electron chi connectivity index (χ3n) is 3.98. The van der Waals surface area contributed by atoms with E-state index in [9.17, 15) is 9.59 Å². The number of rotatable bonds is 10. The number of unbranched alkanes of at least 4 members (excludes halogenated alkanes) is 1. The Balaban J connectivity index is 2.19. The topological polar surface area (TPSA) is 128 Å². The number of aromatic nitrogens is 4. The maximum absolute atomic E-state index is 12.2. The van der Waals surface area contributed by atoms with E-state index in [1.165, 1.54) is 4.57 Å². The minimum Gasteiger partial charge on any atom is -0.463 e. The lowest BCUT2D eigenvalue weighted by Crippen LogP contribution is -2.37. The van der Waals surface area contributed by atoms with Gasteiger partial charge >= 0.3 is 11.7 Å². The maximum Gasteiger partial charge on any atom is 0.327 e. The van der Waals surface area contributed by atoms with Crippen LogP contribution in [0, 0.1) is 0 Å². The Hall–Kier alpha value is -2.42. The number of Topliss-reactive ketones (excluding diaryl/α,β-unsaturated/α-hetero) is 1. The molecule has 25 heavy (non-hydrogen) atoms. The third-order valence-corrected chi connectivity index (χ3v) is 3.98. The first kappa shape index (κ1) is 18.9. The molecule has 1 atom stereocenters. The Morgan fingerprint density at radius 2 is 2.16 bits per heavy atom. The lowest BCUT2D eigenvalue weighted by atomic mass is 10.1. The van der Waals surface area contributed by atoms with Gasteiger partial charge in [-0.2, -0.15) is 9.97 Å². The van der Waals surface area contributed by atoms with Crippen LogP contribution < -0.4 is 21.5 Å². The molecule has 0 saturated heterocycles. The second-order valence-electron chi connectivity index (χ2n) is 5.90. The van der Waals surface area contributed by atoms with Crippen molar-refractivity contribution in [3.8, 4) is 6.01 Å². The zero-order valence-corrected chi connectivity index (χ0v) is 15.0. The number of anilines is 1. The summed E-state index contributed by atoms with van der Waals surface area (Å²) in [5.74, 6) is 0.252. The van der Waals surface area contributed by atoms with E-state index in [0.717, 1.165) is 12.8 Å². The van der Waals surface area contributed by atoms with Crippen LogP contribution in [0.4, 0.5) is 5.82 Å². The van der Waals surface area contributed by atoms with Gasteiger partial charge in [0.15, 0.2) is 11.5 Å². The number of nitrogen functional groups attached to an aromatic ring is 1. The van der Waals surface area contributed by atoms with Crippen molar-refractivity contribution in [2.75, 3.05) is 18.9 Å². The van der Waals surface area contributed by atoms with Gasteiger partial charge in [0, 0.05) is 13.1 Å². The average molecular weight is 350 g/mol. The quantitative estimate of drug-likeness (QED) is 0.542. The second kappa shape index (κ2) is 8.61. The summed E-state index contributed by atoms with van der Waals surface area (Å²) in [4.78, 5) is 34.7. The van der Waals surface area contributed by atoms with Crippen LogP contribution >= 0.6 is 0 Å². The molecule has 0 radical (unpaired) electrons. The molecular formula is C16H26N6O3. The number of imidazole rings is 1. The van der Waals surface area contributed by atoms with E-state index in [1.54, 1.807) is 6.92 Å². The average Bonchev–Trinajstić information content (AvgIpc) is 2.88. The van der Waals surface area contributed by atoms with Crippen LogP contribution in [0.3, 0.4) is 0 Å². The van der Waals surface area contributed by atoms with E-state index >= 15 is 0 Å². The molecule has 4 N–H and O–H groups in total. The summed E-state index contributed by atoms with van der Waals surface area (Å²) in [5, 5.41) is 3.14. The van der Waals surface area contributed by atoms with Gasteiger partial charge in [0.2, 0.25) is 0 Å². The SMILES string of the molecule is CCCCOc1nc(N)c2[nH]c(=O)n(CCN[C@@H](CC)C(C)=O)c2n1. The number of fused-ring (bicyclic) bond motifs is 1. The van der Waals surface area contributed by atoms with Gasteiger partial charge < -0.3 is 20.8 Å². The Labute approximate surface area is 146 Å². The molecule has 0 aliphatic rings. The van der Waals surface area contributed by atoms with E-state index in [2.05, 4.69) is 27.2 Å². The van der Waals surface area contributed by atoms with Crippen molar-refractivity contribution in [3.63, 3.8) is 0 Å². The first-order chi connectivity index (χ1) is 12.0. The van der Waals surface area contributed by atoms with Crippen LogP contribution in [-0.4, -0.2) is 44.5 Å². The summed E-state index contributed by atoms with van der Waals surface area (Å²) in [5.41, 5.74) is 6.39. The molecule has 0 aromatic carbocycles. The van der Waals surface area contributed by atoms with Crippen molar-refractivity contribution < 1.29 is 9.53 Å². The molecule has 0 spiro atoms. The molecule has 0 amide bonds. The van der Waals surface area contributed by atoms with Crippen LogP contribution in [0.5, 0.6) is 6.01 Å². The first-order valence-corrected chi connectivity index (χ1v) is 8.60. The molecule has 2 heterocycles. The molecule has 0 bridgehead atoms. The predicted molar refractivity (Wildman–Crippen MR) is 95.7 cm³/mol. The van der Waals surface area contributed by atoms with Gasteiger partial charge in [-0.25, -0.2) is 4.79 Å². The normalized spacial score (nSPS) is 12.4. The fourth-order valence-electron chi connectivity index (χ4n) is 2.54. The molecule has 9 heteroatoms. The largest absolute Gasteiger partial charge is 0.463 e. The minimum atomic E-state index is -0.320. The van der Waals surface area contributed by atoms with Crippen LogP contribution in [0.15, 0.2) is 4.79 Å². The number of ether oxygens (including phenoxy) is 1. The fourth-order valence-corrected chi connectivity index (χ4v) is 2.54. The number of aromatic amines is 1. The molecule has 0 saturated carbocycles. The number of H-pyrrole nitrogens is 1. The van der Waals surface area contributed by atoms with Crippen molar-refractivity contribution in [1.82, 2.24) is 24.8 Å². The summed E-state index contributed by atoms with van der Waals surface area (Å²) >= 11 is 0. The molecule has 2 aromatic heterocycles. The molecule has 9 nitrogen and oxygen atoms in total. The Morgan fingerprint density at radius 1 is 1.40 bits per heavy atom. The van der Waals surface area contributed by atoms with E-state index in [4.69, 9.17) is 10.5 Å². The highest BCUT2D eigenvalue weighted by Crippen LogP contribution is 2.17. The summed E-state index contributed by atoms with van der Waals surface area (Å²) < 4.78 is 6.97. The van der Waals surface area contributed by atoms with Gasteiger partial charge in [-0.1, -0.05) is 20.3 Å². The minimum absolute atomic E-state index is 0.0759. The Morgan fingerprint density at radius 3 is 2.80 bits per heavy atom. The first-order valence-electron chi connectivity index (χ1n) is 8.60. The van der Waals surface area contributed by atoms with Gasteiger partial charge in [0.25, 0.3) is 0 Å². The zero-order chi connectivity index (χ0) is 18.4. The summed E-state index contributed by atoms with van der Waals surface area (Å²) in [6.07, 6.45) is 2.57. The summed E-state index contributed by atoms with van der Waals surface area (Å²) in [6.45, 7) is 6.85. The van der Waals surface area contributed by atoms with Crippen molar-refractivity contribution in [2.45, 2.75) is 52.6 Å². The molecule has 0 aliphatic heterocycles. The van der Waals surface area contributed by atoms with E-state index in [1.807, 2.05) is 6.92 Å². The maximum atomic E-state index is 12.2. The molecule has 2 rings (SSSR count). The van der Waals surface area contributed by atoms with Gasteiger partial charge in [0.1, 0.15) is 11.3 Å². The van der Waals surface area contributed by atoms with Crippen LogP contribution in [0.25, 0.3) is 11.2 Å². The summed E-state index contributed by atoms with van der Waals surface area (Å²) in [7, 11) is 0. The molecular weight excluding hydrogens is 324 g/mol. The van der Waals surface area contributed by atoms with Gasteiger partial charge in [-0.3, -0.25) is 9.36 Å². The fraction of sp³-hybridized carbons (Fsp3) is 0.625. The van der Waals surface area contributed by atoms with Crippen molar-refractivity contribution in [2.24, 2.45) is 0 Å². The highest BCUT2D eigenvalue weighted by molar-refractivity contribution is 5.82. The number of hydrogen-bond donors (Lipinski definition) is 3. The number of nitrogens with zero attached hydrogens (tertiary/aromatic N) is 3. The van der Waals surface area contributed by atoms with E-state index in [-0.39, 0.29) is 29.3 Å². The number of carbonyl (C=O) groups excluding carboxylic acids is 1. The molecule has 0 unspecified atom stereocenters. The third kappa shape index (κ3) is 4.56. The van der Waals surface area contributed by atoms with Gasteiger partial charge in [0.05, 0.1) is 12.6 Å². The number of ketones is 1. The highest BCUT2D eigenvalue weighted by Gasteiger charge is 2.15. The summed E-state index contributed by atoms with van der Waals surface area (Å²) in [6, 6.07) is -0.0529.